The van der Waals surface area contributed by atoms with E-state index in [2.05, 4.69) is 25.7 Å². The highest BCUT2D eigenvalue weighted by atomic mass is 16.3. The summed E-state index contributed by atoms with van der Waals surface area (Å²) in [6.07, 6.45) is 2.61. The van der Waals surface area contributed by atoms with Crippen molar-refractivity contribution in [2.75, 3.05) is 19.6 Å². The standard InChI is InChI=1S/C13H27NO/c1-12(2,3)11-7-6-8-14(9-11)10-13(4,5)15/h11,15H,6-10H2,1-5H3. The molecular weight excluding hydrogens is 186 g/mol. The molecule has 0 spiro atoms. The summed E-state index contributed by atoms with van der Waals surface area (Å²) in [5.74, 6) is 0.772. The van der Waals surface area contributed by atoms with Gasteiger partial charge >= 0.3 is 0 Å². The van der Waals surface area contributed by atoms with E-state index in [-0.39, 0.29) is 0 Å². The summed E-state index contributed by atoms with van der Waals surface area (Å²) in [7, 11) is 0. The van der Waals surface area contributed by atoms with Gasteiger partial charge in [0.25, 0.3) is 0 Å². The Bertz CT molecular complexity index is 200. The lowest BCUT2D eigenvalue weighted by atomic mass is 9.76. The Morgan fingerprint density at radius 3 is 2.27 bits per heavy atom. The Morgan fingerprint density at radius 2 is 1.80 bits per heavy atom. The van der Waals surface area contributed by atoms with Crippen LogP contribution in [0.4, 0.5) is 0 Å². The molecule has 0 bridgehead atoms. The third kappa shape index (κ3) is 4.52. The van der Waals surface area contributed by atoms with Crippen molar-refractivity contribution in [1.29, 1.82) is 0 Å². The summed E-state index contributed by atoms with van der Waals surface area (Å²) >= 11 is 0. The van der Waals surface area contributed by atoms with Gasteiger partial charge in [0.15, 0.2) is 0 Å². The van der Waals surface area contributed by atoms with Gasteiger partial charge in [0.2, 0.25) is 0 Å². The lowest BCUT2D eigenvalue weighted by Gasteiger charge is -2.41. The molecule has 1 fully saturated rings. The molecule has 0 aliphatic carbocycles. The van der Waals surface area contributed by atoms with Crippen LogP contribution < -0.4 is 0 Å². The van der Waals surface area contributed by atoms with Crippen molar-refractivity contribution in [1.82, 2.24) is 4.90 Å². The fraction of sp³-hybridized carbons (Fsp3) is 1.00. The molecule has 15 heavy (non-hydrogen) atoms. The van der Waals surface area contributed by atoms with Gasteiger partial charge in [-0.3, -0.25) is 0 Å². The largest absolute Gasteiger partial charge is 0.389 e. The van der Waals surface area contributed by atoms with Gasteiger partial charge < -0.3 is 10.0 Å². The van der Waals surface area contributed by atoms with E-state index in [1.807, 2.05) is 13.8 Å². The molecule has 0 saturated carbocycles. The zero-order valence-electron chi connectivity index (χ0n) is 11.0. The fourth-order valence-electron chi connectivity index (χ4n) is 2.45. The molecule has 1 atom stereocenters. The molecule has 1 unspecified atom stereocenters. The van der Waals surface area contributed by atoms with Gasteiger partial charge in [-0.05, 0) is 44.6 Å². The molecule has 1 aliphatic heterocycles. The van der Waals surface area contributed by atoms with Crippen LogP contribution in [0.15, 0.2) is 0 Å². The van der Waals surface area contributed by atoms with Crippen LogP contribution in [-0.2, 0) is 0 Å². The molecule has 1 aliphatic rings. The summed E-state index contributed by atoms with van der Waals surface area (Å²) in [6, 6.07) is 0. The van der Waals surface area contributed by atoms with E-state index >= 15 is 0 Å². The van der Waals surface area contributed by atoms with Gasteiger partial charge in [0, 0.05) is 13.1 Å². The normalized spacial score (nSPS) is 25.6. The Labute approximate surface area is 94.7 Å². The molecule has 2 heteroatoms. The predicted molar refractivity (Wildman–Crippen MR) is 64.9 cm³/mol. The predicted octanol–water partition coefficient (Wildman–Crippen LogP) is 2.52. The summed E-state index contributed by atoms with van der Waals surface area (Å²) in [5, 5.41) is 9.82. The zero-order valence-corrected chi connectivity index (χ0v) is 11.0. The van der Waals surface area contributed by atoms with Gasteiger partial charge in [-0.15, -0.1) is 0 Å². The lowest BCUT2D eigenvalue weighted by Crippen LogP contribution is -2.46. The summed E-state index contributed by atoms with van der Waals surface area (Å²) in [4.78, 5) is 2.42. The van der Waals surface area contributed by atoms with Crippen LogP contribution in [0.1, 0.15) is 47.5 Å². The van der Waals surface area contributed by atoms with E-state index in [1.54, 1.807) is 0 Å². The maximum Gasteiger partial charge on any atom is 0.0718 e. The van der Waals surface area contributed by atoms with Crippen LogP contribution in [0.5, 0.6) is 0 Å². The molecule has 0 amide bonds. The van der Waals surface area contributed by atoms with E-state index in [9.17, 15) is 5.11 Å². The lowest BCUT2D eigenvalue weighted by molar-refractivity contribution is 0.00804. The van der Waals surface area contributed by atoms with Crippen LogP contribution in [0, 0.1) is 11.3 Å². The van der Waals surface area contributed by atoms with Crippen molar-refractivity contribution in [3.63, 3.8) is 0 Å². The molecule has 1 N–H and O–H groups in total. The fourth-order valence-corrected chi connectivity index (χ4v) is 2.45. The second kappa shape index (κ2) is 4.42. The number of rotatable bonds is 2. The van der Waals surface area contributed by atoms with Crippen molar-refractivity contribution in [3.8, 4) is 0 Å². The number of aliphatic hydroxyl groups is 1. The number of β-amino-alcohol motifs (C(OH)–C–C–N with tert-alkyl or cyclic N) is 1. The van der Waals surface area contributed by atoms with Crippen LogP contribution in [0.2, 0.25) is 0 Å². The van der Waals surface area contributed by atoms with Crippen LogP contribution in [0.25, 0.3) is 0 Å². The summed E-state index contributed by atoms with van der Waals surface area (Å²) in [5.41, 5.74) is -0.155. The van der Waals surface area contributed by atoms with E-state index in [1.165, 1.54) is 12.8 Å². The highest BCUT2D eigenvalue weighted by molar-refractivity contribution is 4.83. The van der Waals surface area contributed by atoms with Gasteiger partial charge in [-0.1, -0.05) is 20.8 Å². The van der Waals surface area contributed by atoms with Crippen LogP contribution in [-0.4, -0.2) is 35.2 Å². The topological polar surface area (TPSA) is 23.5 Å². The average molecular weight is 213 g/mol. The molecule has 0 aromatic heterocycles. The number of piperidine rings is 1. The quantitative estimate of drug-likeness (QED) is 0.762. The summed E-state index contributed by atoms with van der Waals surface area (Å²) < 4.78 is 0. The Kier molecular flexibility index (Phi) is 3.83. The first-order valence-electron chi connectivity index (χ1n) is 6.13. The minimum atomic E-state index is -0.556. The summed E-state index contributed by atoms with van der Waals surface area (Å²) in [6.45, 7) is 13.9. The molecule has 1 heterocycles. The van der Waals surface area contributed by atoms with Crippen molar-refractivity contribution in [3.05, 3.63) is 0 Å². The smallest absolute Gasteiger partial charge is 0.0718 e. The highest BCUT2D eigenvalue weighted by Crippen LogP contribution is 2.33. The second-order valence-electron chi connectivity index (χ2n) is 6.75. The molecule has 90 valence electrons. The van der Waals surface area contributed by atoms with E-state index < -0.39 is 5.60 Å². The third-order valence-electron chi connectivity index (χ3n) is 3.34. The van der Waals surface area contributed by atoms with Gasteiger partial charge in [-0.2, -0.15) is 0 Å². The monoisotopic (exact) mass is 213 g/mol. The van der Waals surface area contributed by atoms with Crippen LogP contribution >= 0.6 is 0 Å². The molecule has 1 saturated heterocycles. The number of nitrogens with zero attached hydrogens (tertiary/aromatic N) is 1. The van der Waals surface area contributed by atoms with E-state index in [0.29, 0.717) is 5.41 Å². The first kappa shape index (κ1) is 13.0. The molecular formula is C13H27NO. The maximum absolute atomic E-state index is 9.82. The SMILES string of the molecule is CC(C)(O)CN1CCCC(C(C)(C)C)C1. The number of likely N-dealkylation sites (tertiary alicyclic amines) is 1. The first-order chi connectivity index (χ1) is 6.68. The Balaban J connectivity index is 2.50. The van der Waals surface area contributed by atoms with Crippen LogP contribution in [0.3, 0.4) is 0 Å². The minimum absolute atomic E-state index is 0.401. The highest BCUT2D eigenvalue weighted by Gasteiger charge is 2.31. The van der Waals surface area contributed by atoms with Gasteiger partial charge in [-0.25, -0.2) is 0 Å². The molecule has 0 aromatic rings. The van der Waals surface area contributed by atoms with Crippen molar-refractivity contribution in [2.45, 2.75) is 53.1 Å². The minimum Gasteiger partial charge on any atom is -0.389 e. The number of hydrogen-bond donors (Lipinski definition) is 1. The molecule has 0 radical (unpaired) electrons. The Morgan fingerprint density at radius 1 is 1.20 bits per heavy atom. The molecule has 1 rings (SSSR count). The average Bonchev–Trinajstić information content (AvgIpc) is 1.99. The van der Waals surface area contributed by atoms with Gasteiger partial charge in [0.1, 0.15) is 0 Å². The Hall–Kier alpha value is -0.0800. The zero-order chi connectivity index (χ0) is 11.7. The third-order valence-corrected chi connectivity index (χ3v) is 3.34. The molecule has 0 aromatic carbocycles. The van der Waals surface area contributed by atoms with E-state index in [4.69, 9.17) is 0 Å². The van der Waals surface area contributed by atoms with Crippen molar-refractivity contribution in [2.24, 2.45) is 11.3 Å². The van der Waals surface area contributed by atoms with Crippen molar-refractivity contribution < 1.29 is 5.11 Å². The van der Waals surface area contributed by atoms with Crippen molar-refractivity contribution >= 4 is 0 Å². The number of hydrogen-bond acceptors (Lipinski definition) is 2. The maximum atomic E-state index is 9.82. The van der Waals surface area contributed by atoms with E-state index in [0.717, 1.165) is 25.6 Å². The van der Waals surface area contributed by atoms with Gasteiger partial charge in [0.05, 0.1) is 5.60 Å². The molecule has 2 nitrogen and oxygen atoms in total. The second-order valence-corrected chi connectivity index (χ2v) is 6.75. The first-order valence-corrected chi connectivity index (χ1v) is 6.13.